The summed E-state index contributed by atoms with van der Waals surface area (Å²) in [5, 5.41) is 16.1. The average molecular weight is 344 g/mol. The van der Waals surface area contributed by atoms with Crippen LogP contribution in [0.3, 0.4) is 0 Å². The van der Waals surface area contributed by atoms with Crippen molar-refractivity contribution < 1.29 is 0 Å². The van der Waals surface area contributed by atoms with Crippen molar-refractivity contribution >= 4 is 39.7 Å². The van der Waals surface area contributed by atoms with Gasteiger partial charge in [0.05, 0.1) is 22.4 Å². The van der Waals surface area contributed by atoms with Crippen LogP contribution < -0.4 is 11.1 Å². The molecule has 124 valence electrons. The van der Waals surface area contributed by atoms with Gasteiger partial charge < -0.3 is 11.1 Å². The van der Waals surface area contributed by atoms with Gasteiger partial charge in [-0.15, -0.1) is 5.10 Å². The number of rotatable bonds is 3. The highest BCUT2D eigenvalue weighted by molar-refractivity contribution is 6.38. The molecule has 1 unspecified atom stereocenters. The SMILES string of the molecule is Cn1nc(C2=CCC(N)CC2)nc1Nc1ccc2[nH]ncc2c1Cl. The van der Waals surface area contributed by atoms with Gasteiger partial charge in [0, 0.05) is 18.5 Å². The minimum absolute atomic E-state index is 0.246. The number of nitrogens with zero attached hydrogens (tertiary/aromatic N) is 4. The summed E-state index contributed by atoms with van der Waals surface area (Å²) < 4.78 is 1.72. The highest BCUT2D eigenvalue weighted by Crippen LogP contribution is 2.32. The summed E-state index contributed by atoms with van der Waals surface area (Å²) in [6.07, 6.45) is 6.60. The highest BCUT2D eigenvalue weighted by Gasteiger charge is 2.17. The molecule has 0 saturated carbocycles. The van der Waals surface area contributed by atoms with E-state index in [9.17, 15) is 0 Å². The number of nitrogens with one attached hydrogen (secondary N) is 2. The molecule has 0 aliphatic heterocycles. The molecule has 2 aromatic heterocycles. The first-order chi connectivity index (χ1) is 11.6. The fourth-order valence-electron chi connectivity index (χ4n) is 2.89. The van der Waals surface area contributed by atoms with E-state index in [0.717, 1.165) is 47.3 Å². The van der Waals surface area contributed by atoms with Crippen LogP contribution in [0.2, 0.25) is 5.02 Å². The van der Waals surface area contributed by atoms with Crippen molar-refractivity contribution in [1.29, 1.82) is 0 Å². The Hall–Kier alpha value is -2.38. The lowest BCUT2D eigenvalue weighted by Gasteiger charge is -2.15. The first-order valence-electron chi connectivity index (χ1n) is 7.86. The number of H-pyrrole nitrogens is 1. The summed E-state index contributed by atoms with van der Waals surface area (Å²) in [5.74, 6) is 1.39. The van der Waals surface area contributed by atoms with E-state index in [0.29, 0.717) is 11.0 Å². The molecule has 4 N–H and O–H groups in total. The number of anilines is 2. The van der Waals surface area contributed by atoms with E-state index in [-0.39, 0.29) is 6.04 Å². The number of aromatic nitrogens is 5. The summed E-state index contributed by atoms with van der Waals surface area (Å²) >= 11 is 6.45. The number of fused-ring (bicyclic) bond motifs is 1. The Labute approximate surface area is 143 Å². The van der Waals surface area contributed by atoms with E-state index in [2.05, 4.69) is 31.7 Å². The smallest absolute Gasteiger partial charge is 0.225 e. The van der Waals surface area contributed by atoms with Crippen molar-refractivity contribution in [1.82, 2.24) is 25.0 Å². The number of benzene rings is 1. The quantitative estimate of drug-likeness (QED) is 0.679. The molecule has 0 radical (unpaired) electrons. The van der Waals surface area contributed by atoms with Crippen LogP contribution in [-0.4, -0.2) is 31.0 Å². The fraction of sp³-hybridized carbons (Fsp3) is 0.312. The van der Waals surface area contributed by atoms with E-state index < -0.39 is 0 Å². The Morgan fingerprint density at radius 1 is 1.42 bits per heavy atom. The van der Waals surface area contributed by atoms with Gasteiger partial charge in [-0.1, -0.05) is 17.7 Å². The molecule has 1 aliphatic carbocycles. The molecule has 0 amide bonds. The number of nitrogens with two attached hydrogens (primary N) is 1. The maximum absolute atomic E-state index is 6.45. The van der Waals surface area contributed by atoms with Crippen LogP contribution in [0.15, 0.2) is 24.4 Å². The number of halogens is 1. The Morgan fingerprint density at radius 2 is 2.29 bits per heavy atom. The maximum Gasteiger partial charge on any atom is 0.225 e. The fourth-order valence-corrected chi connectivity index (χ4v) is 3.15. The first-order valence-corrected chi connectivity index (χ1v) is 8.24. The molecule has 0 bridgehead atoms. The molecule has 24 heavy (non-hydrogen) atoms. The summed E-state index contributed by atoms with van der Waals surface area (Å²) in [6, 6.07) is 4.07. The van der Waals surface area contributed by atoms with Crippen molar-refractivity contribution in [3.63, 3.8) is 0 Å². The highest BCUT2D eigenvalue weighted by atomic mass is 35.5. The predicted molar refractivity (Wildman–Crippen MR) is 95.2 cm³/mol. The van der Waals surface area contributed by atoms with Crippen molar-refractivity contribution in [2.75, 3.05) is 5.32 Å². The van der Waals surface area contributed by atoms with Gasteiger partial charge in [0.25, 0.3) is 0 Å². The summed E-state index contributed by atoms with van der Waals surface area (Å²) in [7, 11) is 1.86. The van der Waals surface area contributed by atoms with E-state index in [4.69, 9.17) is 17.3 Å². The normalized spacial score (nSPS) is 18.0. The number of hydrogen-bond acceptors (Lipinski definition) is 5. The second-order valence-corrected chi connectivity index (χ2v) is 6.41. The Bertz CT molecular complexity index is 924. The van der Waals surface area contributed by atoms with Crippen LogP contribution in [0, 0.1) is 0 Å². The third-order valence-electron chi connectivity index (χ3n) is 4.31. The lowest BCUT2D eigenvalue weighted by atomic mass is 9.95. The Balaban J connectivity index is 1.63. The van der Waals surface area contributed by atoms with Gasteiger partial charge >= 0.3 is 0 Å². The largest absolute Gasteiger partial charge is 0.327 e. The average Bonchev–Trinajstić information content (AvgIpc) is 3.18. The zero-order chi connectivity index (χ0) is 16.7. The van der Waals surface area contributed by atoms with E-state index >= 15 is 0 Å². The first kappa shape index (κ1) is 15.2. The maximum atomic E-state index is 6.45. The zero-order valence-electron chi connectivity index (χ0n) is 13.3. The van der Waals surface area contributed by atoms with Gasteiger partial charge in [-0.3, -0.25) is 5.10 Å². The Morgan fingerprint density at radius 3 is 3.08 bits per heavy atom. The van der Waals surface area contributed by atoms with Crippen LogP contribution in [0.4, 0.5) is 11.6 Å². The molecule has 8 heteroatoms. The molecule has 1 aliphatic rings. The third-order valence-corrected chi connectivity index (χ3v) is 4.71. The van der Waals surface area contributed by atoms with Crippen molar-refractivity contribution in [3.8, 4) is 0 Å². The van der Waals surface area contributed by atoms with Gasteiger partial charge in [-0.25, -0.2) is 4.68 Å². The van der Waals surface area contributed by atoms with Crippen LogP contribution in [-0.2, 0) is 7.05 Å². The van der Waals surface area contributed by atoms with Crippen LogP contribution in [0.25, 0.3) is 16.5 Å². The number of aromatic amines is 1. The van der Waals surface area contributed by atoms with Crippen LogP contribution >= 0.6 is 11.6 Å². The van der Waals surface area contributed by atoms with E-state index in [1.54, 1.807) is 10.9 Å². The molecule has 0 fully saturated rings. The number of allylic oxidation sites excluding steroid dienone is 1. The van der Waals surface area contributed by atoms with Crippen LogP contribution in [0.1, 0.15) is 25.1 Å². The minimum Gasteiger partial charge on any atom is -0.327 e. The van der Waals surface area contributed by atoms with E-state index in [1.165, 1.54) is 0 Å². The third kappa shape index (κ3) is 2.65. The summed E-state index contributed by atoms with van der Waals surface area (Å²) in [5.41, 5.74) is 8.76. The summed E-state index contributed by atoms with van der Waals surface area (Å²) in [4.78, 5) is 4.61. The van der Waals surface area contributed by atoms with Crippen molar-refractivity contribution in [2.45, 2.75) is 25.3 Å². The lowest BCUT2D eigenvalue weighted by molar-refractivity contribution is 0.612. The predicted octanol–water partition coefficient (Wildman–Crippen LogP) is 2.98. The molecular weight excluding hydrogens is 326 g/mol. The van der Waals surface area contributed by atoms with Gasteiger partial charge in [-0.2, -0.15) is 10.1 Å². The standard InChI is InChI=1S/C16H18ClN7/c1-24-16(21-15(23-24)9-2-4-10(18)5-3-9)20-13-7-6-12-11(14(13)17)8-19-22-12/h2,6-8,10H,3-5,18H2,1H3,(H,19,22)(H,20,21,23). The summed E-state index contributed by atoms with van der Waals surface area (Å²) in [6.45, 7) is 0. The van der Waals surface area contributed by atoms with Crippen molar-refractivity contribution in [3.05, 3.63) is 35.3 Å². The minimum atomic E-state index is 0.246. The van der Waals surface area contributed by atoms with Crippen LogP contribution in [0.5, 0.6) is 0 Å². The molecule has 7 nitrogen and oxygen atoms in total. The van der Waals surface area contributed by atoms with E-state index in [1.807, 2.05) is 19.2 Å². The molecular formula is C16H18ClN7. The second kappa shape index (κ2) is 5.92. The second-order valence-electron chi connectivity index (χ2n) is 6.03. The van der Waals surface area contributed by atoms with Gasteiger partial charge in [0.15, 0.2) is 5.82 Å². The van der Waals surface area contributed by atoms with Gasteiger partial charge in [-0.05, 0) is 37.0 Å². The van der Waals surface area contributed by atoms with Gasteiger partial charge in [0.1, 0.15) is 0 Å². The van der Waals surface area contributed by atoms with Gasteiger partial charge in [0.2, 0.25) is 5.95 Å². The molecule has 1 atom stereocenters. The molecule has 4 rings (SSSR count). The molecule has 0 spiro atoms. The molecule has 3 aromatic rings. The molecule has 2 heterocycles. The van der Waals surface area contributed by atoms with Crippen molar-refractivity contribution in [2.24, 2.45) is 12.8 Å². The number of hydrogen-bond donors (Lipinski definition) is 3. The lowest BCUT2D eigenvalue weighted by Crippen LogP contribution is -2.21. The molecule has 1 aromatic carbocycles. The topological polar surface area (TPSA) is 97.4 Å². The monoisotopic (exact) mass is 343 g/mol. The zero-order valence-corrected chi connectivity index (χ0v) is 14.0. The number of aryl methyl sites for hydroxylation is 1. The molecule has 0 saturated heterocycles. The Kier molecular flexibility index (Phi) is 3.74.